The zero-order valence-corrected chi connectivity index (χ0v) is 22.6. The van der Waals surface area contributed by atoms with Crippen LogP contribution in [-0.4, -0.2) is 42.2 Å². The summed E-state index contributed by atoms with van der Waals surface area (Å²) in [7, 11) is 2.13. The van der Waals surface area contributed by atoms with Crippen molar-refractivity contribution >= 4 is 39.7 Å². The molecule has 4 rings (SSSR count). The van der Waals surface area contributed by atoms with Gasteiger partial charge in [0.2, 0.25) is 0 Å². The van der Waals surface area contributed by atoms with Crippen LogP contribution in [0.1, 0.15) is 38.8 Å². The van der Waals surface area contributed by atoms with Gasteiger partial charge in [0.05, 0.1) is 20.1 Å². The number of nitrogens with zero attached hydrogens (tertiary/aromatic N) is 1. The Kier molecular flexibility index (Phi) is 7.94. The topological polar surface area (TPSA) is 26.3 Å². The minimum absolute atomic E-state index is 0.174. The summed E-state index contributed by atoms with van der Waals surface area (Å²) < 4.78 is 6.30. The summed E-state index contributed by atoms with van der Waals surface area (Å²) in [6.07, 6.45) is 8.73. The van der Waals surface area contributed by atoms with Crippen molar-refractivity contribution in [3.63, 3.8) is 0 Å². The summed E-state index contributed by atoms with van der Waals surface area (Å²) in [5.74, 6) is -0.174. The molecule has 3 heteroatoms. The maximum Gasteiger partial charge on any atom is 0.365 e. The summed E-state index contributed by atoms with van der Waals surface area (Å²) in [5.41, 5.74) is 1.84. The average molecular weight is 493 g/mol. The molecule has 0 heterocycles. The van der Waals surface area contributed by atoms with Gasteiger partial charge in [-0.1, -0.05) is 97.1 Å². The Labute approximate surface area is 221 Å². The summed E-state index contributed by atoms with van der Waals surface area (Å²) >= 11 is 0. The Morgan fingerprint density at radius 2 is 1.19 bits per heavy atom. The Morgan fingerprint density at radius 3 is 1.65 bits per heavy atom. The second kappa shape index (κ2) is 11.1. The van der Waals surface area contributed by atoms with Gasteiger partial charge >= 0.3 is 5.97 Å². The van der Waals surface area contributed by atoms with E-state index in [1.165, 1.54) is 32.7 Å². The number of carbonyl (C=O) groups excluding carboxylic acids is 1. The van der Waals surface area contributed by atoms with E-state index in [0.717, 1.165) is 0 Å². The van der Waals surface area contributed by atoms with Crippen molar-refractivity contribution < 1.29 is 14.0 Å². The Balaban J connectivity index is 1.60. The molecule has 4 aromatic carbocycles. The molecule has 37 heavy (non-hydrogen) atoms. The van der Waals surface area contributed by atoms with E-state index >= 15 is 0 Å². The smallest absolute Gasteiger partial charge is 0.365 e. The molecule has 3 nitrogen and oxygen atoms in total. The number of esters is 1. The first-order valence-corrected chi connectivity index (χ1v) is 13.0. The molecular weight excluding hydrogens is 454 g/mol. The third-order valence-electron chi connectivity index (χ3n) is 6.97. The highest BCUT2D eigenvalue weighted by atomic mass is 16.6. The van der Waals surface area contributed by atoms with Crippen LogP contribution in [0.15, 0.2) is 97.1 Å². The molecule has 0 saturated carbocycles. The molecule has 0 aliphatic rings. The molecule has 0 amide bonds. The van der Waals surface area contributed by atoms with Crippen LogP contribution in [0, 0.1) is 0 Å². The minimum Gasteiger partial charge on any atom is -0.456 e. The van der Waals surface area contributed by atoms with Crippen molar-refractivity contribution in [3.05, 3.63) is 108 Å². The Hall–Kier alpha value is -3.69. The molecule has 1 unspecified atom stereocenters. The highest BCUT2D eigenvalue weighted by molar-refractivity contribution is 5.91. The third-order valence-corrected chi connectivity index (χ3v) is 6.97. The van der Waals surface area contributed by atoms with Gasteiger partial charge in [0.15, 0.2) is 6.04 Å². The zero-order chi connectivity index (χ0) is 26.5. The SMILES string of the molecule is CC(C(=O)OC(C)(C)C)[N+](C)(C/C=C/c1cccc2ccccc12)C/C=C/c1cccc2ccccc12. The first-order chi connectivity index (χ1) is 17.7. The van der Waals surface area contributed by atoms with Gasteiger partial charge in [0, 0.05) is 0 Å². The van der Waals surface area contributed by atoms with Gasteiger partial charge in [-0.2, -0.15) is 0 Å². The number of likely N-dealkylation sites (N-methyl/N-ethyl adjacent to an activating group) is 1. The van der Waals surface area contributed by atoms with Crippen LogP contribution in [0.25, 0.3) is 33.7 Å². The fourth-order valence-corrected chi connectivity index (χ4v) is 4.66. The summed E-state index contributed by atoms with van der Waals surface area (Å²) in [6.45, 7) is 9.13. The van der Waals surface area contributed by atoms with E-state index in [0.29, 0.717) is 17.6 Å². The second-order valence-corrected chi connectivity index (χ2v) is 11.0. The van der Waals surface area contributed by atoms with E-state index in [4.69, 9.17) is 4.74 Å². The molecule has 0 aliphatic heterocycles. The average Bonchev–Trinajstić information content (AvgIpc) is 2.87. The molecule has 190 valence electrons. The number of hydrogen-bond acceptors (Lipinski definition) is 2. The van der Waals surface area contributed by atoms with Crippen LogP contribution in [0.4, 0.5) is 0 Å². The molecule has 0 fully saturated rings. The van der Waals surface area contributed by atoms with E-state index in [2.05, 4.69) is 116 Å². The molecule has 0 N–H and O–H groups in total. The number of ether oxygens (including phenoxy) is 1. The number of rotatable bonds is 8. The normalized spacial score (nSPS) is 13.5. The van der Waals surface area contributed by atoms with Crippen LogP contribution in [0.2, 0.25) is 0 Å². The van der Waals surface area contributed by atoms with Crippen LogP contribution in [0.5, 0.6) is 0 Å². The van der Waals surface area contributed by atoms with Gasteiger partial charge in [-0.25, -0.2) is 4.79 Å². The number of quaternary nitrogens is 1. The predicted molar refractivity (Wildman–Crippen MR) is 157 cm³/mol. The lowest BCUT2D eigenvalue weighted by Crippen LogP contribution is -2.55. The van der Waals surface area contributed by atoms with E-state index in [-0.39, 0.29) is 12.0 Å². The molecule has 0 radical (unpaired) electrons. The van der Waals surface area contributed by atoms with Crippen molar-refractivity contribution in [1.82, 2.24) is 0 Å². The number of hydrogen-bond donors (Lipinski definition) is 0. The molecule has 0 aliphatic carbocycles. The minimum atomic E-state index is -0.520. The zero-order valence-electron chi connectivity index (χ0n) is 22.6. The number of benzene rings is 4. The third kappa shape index (κ3) is 6.55. The molecule has 0 spiro atoms. The van der Waals surface area contributed by atoms with Gasteiger partial charge < -0.3 is 9.22 Å². The fraction of sp³-hybridized carbons (Fsp3) is 0.265. The van der Waals surface area contributed by atoms with E-state index in [9.17, 15) is 4.79 Å². The molecular formula is C34H38NO2+. The lowest BCUT2D eigenvalue weighted by atomic mass is 10.0. The van der Waals surface area contributed by atoms with Gasteiger partial charge in [-0.05, 0) is 72.5 Å². The van der Waals surface area contributed by atoms with Crippen LogP contribution in [-0.2, 0) is 9.53 Å². The van der Waals surface area contributed by atoms with Crippen molar-refractivity contribution in [3.8, 4) is 0 Å². The van der Waals surface area contributed by atoms with Crippen LogP contribution < -0.4 is 0 Å². The monoisotopic (exact) mass is 492 g/mol. The Morgan fingerprint density at radius 1 is 0.757 bits per heavy atom. The van der Waals surface area contributed by atoms with E-state index < -0.39 is 5.60 Å². The van der Waals surface area contributed by atoms with Gasteiger partial charge in [-0.15, -0.1) is 0 Å². The summed E-state index contributed by atoms with van der Waals surface area (Å²) in [6, 6.07) is 29.2. The highest BCUT2D eigenvalue weighted by Crippen LogP contribution is 2.23. The van der Waals surface area contributed by atoms with E-state index in [1.54, 1.807) is 0 Å². The molecule has 1 atom stereocenters. The number of carbonyl (C=O) groups is 1. The largest absolute Gasteiger partial charge is 0.456 e. The van der Waals surface area contributed by atoms with Gasteiger partial charge in [-0.3, -0.25) is 0 Å². The first kappa shape index (κ1) is 26.4. The maximum atomic E-state index is 13.1. The van der Waals surface area contributed by atoms with Crippen molar-refractivity contribution in [1.29, 1.82) is 0 Å². The van der Waals surface area contributed by atoms with Crippen molar-refractivity contribution in [2.75, 3.05) is 20.1 Å². The fourth-order valence-electron chi connectivity index (χ4n) is 4.66. The van der Waals surface area contributed by atoms with Gasteiger partial charge in [0.25, 0.3) is 0 Å². The molecule has 0 saturated heterocycles. The van der Waals surface area contributed by atoms with Crippen LogP contribution >= 0.6 is 0 Å². The molecule has 4 aromatic rings. The standard InChI is InChI=1S/C34H38NO2/c1-26(33(36)37-34(2,3)4)35(5,24-12-20-29-18-10-16-27-14-6-8-22-31(27)29)25-13-21-30-19-11-17-28-15-7-9-23-32(28)30/h6-23,26H,24-25H2,1-5H3/q+1/b20-12+,21-13+. The van der Waals surface area contributed by atoms with Crippen molar-refractivity contribution in [2.45, 2.75) is 39.3 Å². The highest BCUT2D eigenvalue weighted by Gasteiger charge is 2.36. The van der Waals surface area contributed by atoms with Gasteiger partial charge in [0.1, 0.15) is 5.60 Å². The van der Waals surface area contributed by atoms with E-state index in [1.807, 2.05) is 27.7 Å². The second-order valence-electron chi connectivity index (χ2n) is 11.0. The maximum absolute atomic E-state index is 13.1. The Bertz CT molecular complexity index is 1340. The predicted octanol–water partition coefficient (Wildman–Crippen LogP) is 7.90. The first-order valence-electron chi connectivity index (χ1n) is 13.0. The lowest BCUT2D eigenvalue weighted by Gasteiger charge is -2.38. The summed E-state index contributed by atoms with van der Waals surface area (Å²) in [4.78, 5) is 13.1. The van der Waals surface area contributed by atoms with Crippen molar-refractivity contribution in [2.24, 2.45) is 0 Å². The quantitative estimate of drug-likeness (QED) is 0.185. The summed E-state index contributed by atoms with van der Waals surface area (Å²) in [5, 5.41) is 4.90. The molecule has 0 bridgehead atoms. The van der Waals surface area contributed by atoms with Crippen LogP contribution in [0.3, 0.4) is 0 Å². The number of fused-ring (bicyclic) bond motifs is 2. The molecule has 0 aromatic heterocycles. The lowest BCUT2D eigenvalue weighted by molar-refractivity contribution is -0.912.